The van der Waals surface area contributed by atoms with E-state index in [1.165, 1.54) is 0 Å². The molecule has 0 spiro atoms. The highest BCUT2D eigenvalue weighted by Crippen LogP contribution is 2.16. The molecule has 0 aliphatic carbocycles. The topological polar surface area (TPSA) is 43.6 Å². The molecule has 0 N–H and O–H groups in total. The van der Waals surface area contributed by atoms with E-state index >= 15 is 0 Å². The molecule has 0 aromatic heterocycles. The van der Waals surface area contributed by atoms with Gasteiger partial charge in [-0.25, -0.2) is 8.58 Å². The van der Waals surface area contributed by atoms with Crippen LogP contribution in [-0.2, 0) is 0 Å². The number of fused-ring (bicyclic) bond motifs is 1. The number of halogens is 1. The van der Waals surface area contributed by atoms with Crippen LogP contribution in [0.5, 0.6) is 0 Å². The number of rotatable bonds is 0. The second-order valence-corrected chi connectivity index (χ2v) is 2.59. The zero-order chi connectivity index (χ0) is 6.97. The van der Waals surface area contributed by atoms with Crippen molar-refractivity contribution in [2.24, 2.45) is 0 Å². The van der Waals surface area contributed by atoms with Crippen LogP contribution in [0.1, 0.15) is 0 Å². The smallest absolute Gasteiger partial charge is 0.177 e. The van der Waals surface area contributed by atoms with Crippen molar-refractivity contribution in [1.82, 2.24) is 18.8 Å². The molecule has 0 aromatic carbocycles. The molecule has 0 aromatic rings. The Bertz CT molecular complexity index is 318. The fourth-order valence-electron chi connectivity index (χ4n) is 0.745. The summed E-state index contributed by atoms with van der Waals surface area (Å²) in [5.41, 5.74) is 0.930. The number of aromatic nitrogens is 4. The van der Waals surface area contributed by atoms with Crippen LogP contribution in [0.4, 0.5) is 0 Å². The predicted octanol–water partition coefficient (Wildman–Crippen LogP) is 0.936. The molecule has 0 amide bonds. The molecule has 10 heavy (non-hydrogen) atoms. The lowest BCUT2D eigenvalue weighted by atomic mass is 10.3. The van der Waals surface area contributed by atoms with E-state index in [9.17, 15) is 0 Å². The highest BCUT2D eigenvalue weighted by molar-refractivity contribution is 9.08. The lowest BCUT2D eigenvalue weighted by molar-refractivity contribution is 1.03. The Labute approximate surface area is 65.6 Å². The quantitative estimate of drug-likeness (QED) is 0.633. The van der Waals surface area contributed by atoms with Gasteiger partial charge >= 0.3 is 0 Å². The summed E-state index contributed by atoms with van der Waals surface area (Å²) in [7, 11) is 0. The fourth-order valence-corrected chi connectivity index (χ4v) is 1.13. The average Bonchev–Trinajstić information content (AvgIpc) is 2.36. The van der Waals surface area contributed by atoms with Crippen molar-refractivity contribution in [3.8, 4) is 11.4 Å². The van der Waals surface area contributed by atoms with E-state index in [0.717, 1.165) is 11.4 Å². The Morgan fingerprint density at radius 3 is 3.10 bits per heavy atom. The molecule has 2 aliphatic rings. The van der Waals surface area contributed by atoms with Crippen LogP contribution in [-0.4, -0.2) is 18.8 Å². The number of nitrogens with zero attached hydrogens (tertiary/aromatic N) is 4. The first-order valence-corrected chi connectivity index (χ1v) is 3.39. The first kappa shape index (κ1) is 5.79. The van der Waals surface area contributed by atoms with Gasteiger partial charge in [0.15, 0.2) is 5.82 Å². The molecule has 2 aliphatic heterocycles. The first-order chi connectivity index (χ1) is 4.88. The van der Waals surface area contributed by atoms with E-state index in [-0.39, 0.29) is 0 Å². The molecule has 50 valence electrons. The summed E-state index contributed by atoms with van der Waals surface area (Å²) in [6.45, 7) is 0. The van der Waals surface area contributed by atoms with Crippen molar-refractivity contribution in [3.05, 3.63) is 18.7 Å². The zero-order valence-corrected chi connectivity index (χ0v) is 6.48. The third kappa shape index (κ3) is 0.706. The van der Waals surface area contributed by atoms with Crippen LogP contribution in [0, 0.1) is 0 Å². The van der Waals surface area contributed by atoms with Crippen LogP contribution in [0.2, 0.25) is 0 Å². The van der Waals surface area contributed by atoms with Crippen LogP contribution >= 0.6 is 16.1 Å². The third-order valence-electron chi connectivity index (χ3n) is 1.19. The Hall–Kier alpha value is -0.970. The van der Waals surface area contributed by atoms with E-state index in [1.807, 2.05) is 0 Å². The normalized spacial score (nSPS) is 10.5. The van der Waals surface area contributed by atoms with Crippen molar-refractivity contribution in [2.75, 3.05) is 0 Å². The van der Waals surface area contributed by atoms with Crippen molar-refractivity contribution in [2.45, 2.75) is 0 Å². The van der Waals surface area contributed by atoms with Gasteiger partial charge in [0.05, 0.1) is 27.9 Å². The van der Waals surface area contributed by atoms with Gasteiger partial charge < -0.3 is 0 Å². The van der Waals surface area contributed by atoms with Crippen LogP contribution in [0.15, 0.2) is 18.7 Å². The molecule has 0 unspecified atom stereocenters. The third-order valence-corrected chi connectivity index (χ3v) is 1.71. The second-order valence-electron chi connectivity index (χ2n) is 1.83. The van der Waals surface area contributed by atoms with Gasteiger partial charge in [0.25, 0.3) is 0 Å². The van der Waals surface area contributed by atoms with Crippen molar-refractivity contribution in [3.63, 3.8) is 0 Å². The van der Waals surface area contributed by atoms with Gasteiger partial charge in [0.1, 0.15) is 6.33 Å². The first-order valence-electron chi connectivity index (χ1n) is 2.68. The SMILES string of the molecule is Brn1cncc2cnnc1-2. The summed E-state index contributed by atoms with van der Waals surface area (Å²) < 4.78 is 1.65. The van der Waals surface area contributed by atoms with Crippen molar-refractivity contribution < 1.29 is 0 Å². The van der Waals surface area contributed by atoms with Crippen LogP contribution in [0.3, 0.4) is 0 Å². The van der Waals surface area contributed by atoms with E-state index in [4.69, 9.17) is 0 Å². The molecule has 0 saturated carbocycles. The summed E-state index contributed by atoms with van der Waals surface area (Å²) in [5.74, 6) is 0.787. The summed E-state index contributed by atoms with van der Waals surface area (Å²) in [4.78, 5) is 3.92. The molecule has 2 heterocycles. The lowest BCUT2D eigenvalue weighted by Gasteiger charge is -1.97. The van der Waals surface area contributed by atoms with Gasteiger partial charge in [0.2, 0.25) is 0 Å². The van der Waals surface area contributed by atoms with Gasteiger partial charge in [-0.1, -0.05) is 0 Å². The predicted molar refractivity (Wildman–Crippen MR) is 38.8 cm³/mol. The maximum absolute atomic E-state index is 3.92. The average molecular weight is 199 g/mol. The Balaban J connectivity index is 2.80. The summed E-state index contributed by atoms with van der Waals surface area (Å²) in [6.07, 6.45) is 5.00. The molecular formula is C5H3BrN4. The van der Waals surface area contributed by atoms with E-state index < -0.39 is 0 Å². The number of hydrogen-bond acceptors (Lipinski definition) is 3. The summed E-state index contributed by atoms with van der Waals surface area (Å²) in [5, 5.41) is 7.57. The maximum Gasteiger partial charge on any atom is 0.177 e. The molecule has 0 saturated heterocycles. The highest BCUT2D eigenvalue weighted by atomic mass is 79.9. The molecule has 0 atom stereocenters. The summed E-state index contributed by atoms with van der Waals surface area (Å²) >= 11 is 3.23. The molecule has 2 rings (SSSR count). The Morgan fingerprint density at radius 1 is 1.40 bits per heavy atom. The van der Waals surface area contributed by atoms with E-state index in [2.05, 4.69) is 31.3 Å². The van der Waals surface area contributed by atoms with Gasteiger partial charge in [-0.3, -0.25) is 0 Å². The van der Waals surface area contributed by atoms with Gasteiger partial charge in [-0.05, 0) is 0 Å². The van der Waals surface area contributed by atoms with Crippen LogP contribution < -0.4 is 0 Å². The maximum atomic E-state index is 3.92. The Morgan fingerprint density at radius 2 is 2.30 bits per heavy atom. The second kappa shape index (κ2) is 2.02. The van der Waals surface area contributed by atoms with E-state index in [0.29, 0.717) is 0 Å². The van der Waals surface area contributed by atoms with Crippen molar-refractivity contribution >= 4 is 16.1 Å². The molecule has 5 heteroatoms. The lowest BCUT2D eigenvalue weighted by Crippen LogP contribution is -1.91. The molecule has 0 bridgehead atoms. The monoisotopic (exact) mass is 198 g/mol. The standard InChI is InChI=1S/C5H3BrN4/c6-10-3-7-1-4-2-8-9-5(4)10/h1-3H. The van der Waals surface area contributed by atoms with Gasteiger partial charge in [0, 0.05) is 6.20 Å². The van der Waals surface area contributed by atoms with E-state index in [1.54, 1.807) is 22.3 Å². The zero-order valence-electron chi connectivity index (χ0n) is 4.90. The molecular weight excluding hydrogens is 196 g/mol. The minimum Gasteiger partial charge on any atom is -0.248 e. The minimum atomic E-state index is 0.787. The molecule has 0 radical (unpaired) electrons. The largest absolute Gasteiger partial charge is 0.248 e. The summed E-state index contributed by atoms with van der Waals surface area (Å²) in [6, 6.07) is 0. The number of hydrogen-bond donors (Lipinski definition) is 0. The van der Waals surface area contributed by atoms with Gasteiger partial charge in [-0.2, -0.15) is 5.10 Å². The fraction of sp³-hybridized carbons (Fsp3) is 0. The Kier molecular flexibility index (Phi) is 1.17. The molecule has 4 nitrogen and oxygen atoms in total. The minimum absolute atomic E-state index is 0.787. The van der Waals surface area contributed by atoms with Gasteiger partial charge in [-0.15, -0.1) is 5.10 Å². The highest BCUT2D eigenvalue weighted by Gasteiger charge is 2.06. The van der Waals surface area contributed by atoms with Crippen LogP contribution in [0.25, 0.3) is 11.4 Å². The van der Waals surface area contributed by atoms with Crippen molar-refractivity contribution in [1.29, 1.82) is 0 Å². The molecule has 0 fully saturated rings.